The lowest BCUT2D eigenvalue weighted by atomic mass is 10.0. The molecule has 2 aromatic rings. The number of nitrogens with zero attached hydrogens (tertiary/aromatic N) is 1. The summed E-state index contributed by atoms with van der Waals surface area (Å²) in [5.41, 5.74) is -0.258. The number of alkyl halides is 2. The van der Waals surface area contributed by atoms with Crippen LogP contribution >= 0.6 is 23.1 Å². The predicted octanol–water partition coefficient (Wildman–Crippen LogP) is 5.88. The number of carbonyl (C=O) groups excluding carboxylic acids is 2. The molecule has 0 unspecified atom stereocenters. The Bertz CT molecular complexity index is 994. The number of ether oxygens (including phenoxy) is 1. The molecule has 3 rings (SSSR count). The molecule has 1 aliphatic rings. The van der Waals surface area contributed by atoms with Crippen LogP contribution in [0.1, 0.15) is 46.8 Å². The summed E-state index contributed by atoms with van der Waals surface area (Å²) < 4.78 is 34.4. The predicted molar refractivity (Wildman–Crippen MR) is 132 cm³/mol. The summed E-state index contributed by atoms with van der Waals surface area (Å²) in [6.45, 7) is 4.05. The lowest BCUT2D eigenvalue weighted by Crippen LogP contribution is -2.42. The van der Waals surface area contributed by atoms with Crippen LogP contribution in [-0.4, -0.2) is 51.8 Å². The van der Waals surface area contributed by atoms with E-state index in [9.17, 15) is 23.5 Å². The van der Waals surface area contributed by atoms with E-state index in [0.29, 0.717) is 36.4 Å². The number of amides is 1. The van der Waals surface area contributed by atoms with Crippen LogP contribution in [0.4, 0.5) is 13.6 Å². The number of esters is 1. The normalized spacial score (nSPS) is 18.0. The van der Waals surface area contributed by atoms with E-state index in [1.165, 1.54) is 53.4 Å². The number of carbonyl (C=O) groups is 2. The molecule has 184 valence electrons. The van der Waals surface area contributed by atoms with Crippen LogP contribution in [0.15, 0.2) is 54.6 Å². The summed E-state index contributed by atoms with van der Waals surface area (Å²) in [7, 11) is 0. The van der Waals surface area contributed by atoms with Crippen molar-refractivity contribution < 1.29 is 28.2 Å². The van der Waals surface area contributed by atoms with Gasteiger partial charge in [0.1, 0.15) is 11.0 Å². The highest BCUT2D eigenvalue weighted by atomic mass is 32.2. The van der Waals surface area contributed by atoms with Gasteiger partial charge in [-0.15, -0.1) is 11.3 Å². The number of thiophene rings is 1. The summed E-state index contributed by atoms with van der Waals surface area (Å²) in [5.74, 6) is -3.17. The highest BCUT2D eigenvalue weighted by molar-refractivity contribution is 8.13. The van der Waals surface area contributed by atoms with E-state index in [4.69, 9.17) is 4.74 Å². The molecule has 1 saturated heterocycles. The van der Waals surface area contributed by atoms with Crippen LogP contribution in [0, 0.1) is 0 Å². The molecule has 1 N–H and O–H groups in total. The Morgan fingerprint density at radius 1 is 1.26 bits per heavy atom. The maximum atomic E-state index is 14.6. The van der Waals surface area contributed by atoms with Crippen molar-refractivity contribution >= 4 is 34.3 Å². The van der Waals surface area contributed by atoms with E-state index in [-0.39, 0.29) is 28.9 Å². The van der Waals surface area contributed by atoms with Gasteiger partial charge < -0.3 is 14.7 Å². The molecule has 1 aromatic carbocycles. The fourth-order valence-corrected chi connectivity index (χ4v) is 5.46. The number of benzene rings is 1. The zero-order valence-electron chi connectivity index (χ0n) is 19.2. The van der Waals surface area contributed by atoms with Gasteiger partial charge in [-0.3, -0.25) is 4.79 Å². The second-order valence-electron chi connectivity index (χ2n) is 8.31. The Hall–Kier alpha value is -2.23. The third-order valence-corrected chi connectivity index (χ3v) is 7.39. The summed E-state index contributed by atoms with van der Waals surface area (Å²) in [6.07, 6.45) is 2.41. The maximum absolute atomic E-state index is 14.6. The highest BCUT2D eigenvalue weighted by Gasteiger charge is 2.39. The zero-order chi connectivity index (χ0) is 24.7. The van der Waals surface area contributed by atoms with Crippen molar-refractivity contribution in [3.8, 4) is 0 Å². The zero-order valence-corrected chi connectivity index (χ0v) is 20.8. The lowest BCUT2D eigenvalue weighted by Gasteiger charge is -2.33. The average molecular weight is 510 g/mol. The second kappa shape index (κ2) is 12.0. The molecule has 2 atom stereocenters. The van der Waals surface area contributed by atoms with E-state index in [1.807, 2.05) is 6.07 Å². The monoisotopic (exact) mass is 509 g/mol. The molecule has 34 heavy (non-hydrogen) atoms. The Balaban J connectivity index is 1.58. The van der Waals surface area contributed by atoms with Gasteiger partial charge in [0.15, 0.2) is 0 Å². The Kier molecular flexibility index (Phi) is 9.27. The molecular formula is C25H29F2NO4S2. The first kappa shape index (κ1) is 26.4. The molecular weight excluding hydrogens is 480 g/mol. The molecule has 5 nitrogen and oxygen atoms in total. The topological polar surface area (TPSA) is 66.8 Å². The first-order valence-corrected chi connectivity index (χ1v) is 13.0. The van der Waals surface area contributed by atoms with E-state index in [2.05, 4.69) is 0 Å². The molecule has 0 radical (unpaired) electrons. The summed E-state index contributed by atoms with van der Waals surface area (Å²) in [4.78, 5) is 27.7. The van der Waals surface area contributed by atoms with Gasteiger partial charge in [-0.05, 0) is 45.2 Å². The molecule has 2 heterocycles. The quantitative estimate of drug-likeness (QED) is 0.320. The minimum atomic E-state index is -3.43. The van der Waals surface area contributed by atoms with Crippen molar-refractivity contribution in [2.24, 2.45) is 0 Å². The van der Waals surface area contributed by atoms with Gasteiger partial charge in [0.2, 0.25) is 0 Å². The molecule has 0 aliphatic carbocycles. The summed E-state index contributed by atoms with van der Waals surface area (Å²) in [6, 6.07) is 10.5. The largest absolute Gasteiger partial charge is 0.459 e. The van der Waals surface area contributed by atoms with Crippen LogP contribution in [0.25, 0.3) is 0 Å². The number of halogens is 2. The summed E-state index contributed by atoms with van der Waals surface area (Å²) in [5, 5.41) is 10.1. The fourth-order valence-electron chi connectivity index (χ4n) is 3.60. The van der Waals surface area contributed by atoms with Crippen molar-refractivity contribution in [3.05, 3.63) is 69.9 Å². The maximum Gasteiger partial charge on any atom is 0.348 e. The molecule has 1 aromatic heterocycles. The van der Waals surface area contributed by atoms with Crippen molar-refractivity contribution in [2.45, 2.75) is 57.3 Å². The highest BCUT2D eigenvalue weighted by Crippen LogP contribution is 2.33. The van der Waals surface area contributed by atoms with Crippen molar-refractivity contribution in [2.75, 3.05) is 12.3 Å². The van der Waals surface area contributed by atoms with E-state index in [0.717, 1.165) is 11.0 Å². The number of aryl methyl sites for hydroxylation is 1. The van der Waals surface area contributed by atoms with E-state index in [1.54, 1.807) is 30.9 Å². The van der Waals surface area contributed by atoms with Crippen molar-refractivity contribution in [3.63, 3.8) is 0 Å². The molecule has 1 amide bonds. The van der Waals surface area contributed by atoms with Crippen LogP contribution < -0.4 is 0 Å². The Morgan fingerprint density at radius 2 is 2.00 bits per heavy atom. The van der Waals surface area contributed by atoms with Crippen LogP contribution in [-0.2, 0) is 17.1 Å². The third-order valence-electron chi connectivity index (χ3n) is 5.35. The number of thioether (sulfide) groups is 1. The number of rotatable bonds is 10. The van der Waals surface area contributed by atoms with Crippen molar-refractivity contribution in [1.29, 1.82) is 0 Å². The van der Waals surface area contributed by atoms with E-state index < -0.39 is 12.0 Å². The molecule has 1 fully saturated rings. The Labute approximate surface area is 206 Å². The molecule has 0 saturated carbocycles. The second-order valence-corrected chi connectivity index (χ2v) is 10.5. The third kappa shape index (κ3) is 6.90. The van der Waals surface area contributed by atoms with Gasteiger partial charge in [0, 0.05) is 22.7 Å². The SMILES string of the molecule is CC(C)OC(=O)c1ccc(CCCN2C(=O)SCC[C@@H]2/C=C/[C@H](O)C(F)(F)c2ccccc2)s1. The first-order chi connectivity index (χ1) is 16.2. The number of hydrogen-bond donors (Lipinski definition) is 1. The smallest absolute Gasteiger partial charge is 0.348 e. The van der Waals surface area contributed by atoms with Crippen molar-refractivity contribution in [1.82, 2.24) is 4.90 Å². The molecule has 0 bridgehead atoms. The van der Waals surface area contributed by atoms with Crippen LogP contribution in [0.2, 0.25) is 0 Å². The molecule has 9 heteroatoms. The first-order valence-electron chi connectivity index (χ1n) is 11.2. The number of aliphatic hydroxyl groups excluding tert-OH is 1. The summed E-state index contributed by atoms with van der Waals surface area (Å²) >= 11 is 2.58. The van der Waals surface area contributed by atoms with Gasteiger partial charge >= 0.3 is 11.9 Å². The molecule has 0 spiro atoms. The number of aliphatic hydroxyl groups is 1. The van der Waals surface area contributed by atoms with Gasteiger partial charge in [-0.25, -0.2) is 4.79 Å². The minimum absolute atomic E-state index is 0.0995. The van der Waals surface area contributed by atoms with Crippen LogP contribution in [0.5, 0.6) is 0 Å². The number of hydrogen-bond acceptors (Lipinski definition) is 6. The van der Waals surface area contributed by atoms with Crippen LogP contribution in [0.3, 0.4) is 0 Å². The van der Waals surface area contributed by atoms with Gasteiger partial charge in [0.25, 0.3) is 5.24 Å². The Morgan fingerprint density at radius 3 is 2.71 bits per heavy atom. The molecule has 1 aliphatic heterocycles. The standard InChI is InChI=1S/C25H29F2NO4S2/c1-17(2)32-23(30)21-12-11-20(34-21)9-6-15-28-19(14-16-33-24(28)31)10-13-22(29)25(26,27)18-7-4-3-5-8-18/h3-5,7-8,10-13,17,19,22,29H,6,9,14-16H2,1-2H3/b13-10+/t19-,22-/m0/s1. The van der Waals surface area contributed by atoms with E-state index >= 15 is 0 Å². The lowest BCUT2D eigenvalue weighted by molar-refractivity contribution is -0.0929. The van der Waals surface area contributed by atoms with Gasteiger partial charge in [-0.1, -0.05) is 54.2 Å². The minimum Gasteiger partial charge on any atom is -0.459 e. The van der Waals surface area contributed by atoms with Gasteiger partial charge in [-0.2, -0.15) is 8.78 Å². The fraction of sp³-hybridized carbons (Fsp3) is 0.440. The average Bonchev–Trinajstić information content (AvgIpc) is 3.28. The van der Waals surface area contributed by atoms with Gasteiger partial charge in [0.05, 0.1) is 12.1 Å².